The topological polar surface area (TPSA) is 492 Å². The van der Waals surface area contributed by atoms with Gasteiger partial charge in [-0.3, -0.25) is 4.79 Å². The van der Waals surface area contributed by atoms with Gasteiger partial charge < -0.3 is 149 Å². The molecule has 0 amide bonds. The Morgan fingerprint density at radius 1 is 0.505 bits per heavy atom. The number of rotatable bonds is 15. The Morgan fingerprint density at radius 3 is 1.72 bits per heavy atom. The second-order valence-electron chi connectivity index (χ2n) is 31.0. The lowest BCUT2D eigenvalue weighted by atomic mass is 9.33. The van der Waals surface area contributed by atoms with E-state index in [-0.39, 0.29) is 35.7 Å². The summed E-state index contributed by atoms with van der Waals surface area (Å²) in [4.78, 5) is 15.2. The van der Waals surface area contributed by atoms with Crippen molar-refractivity contribution in [3.63, 3.8) is 0 Å². The number of carbonyl (C=O) groups is 1. The van der Waals surface area contributed by atoms with Gasteiger partial charge in [0.25, 0.3) is 0 Å². The number of esters is 1. The molecule has 18 N–H and O–H groups in total. The first-order valence-electron chi connectivity index (χ1n) is 33.6. The number of aliphatic hydroxyl groups excluding tert-OH is 18. The molecule has 6 heterocycles. The highest BCUT2D eigenvalue weighted by Gasteiger charge is 2.72. The van der Waals surface area contributed by atoms with Crippen LogP contribution in [-0.2, 0) is 61.6 Å². The molecule has 95 heavy (non-hydrogen) atoms. The van der Waals surface area contributed by atoms with Crippen LogP contribution in [0.25, 0.3) is 0 Å². The largest absolute Gasteiger partial charge is 0.432 e. The van der Waals surface area contributed by atoms with Crippen LogP contribution < -0.4 is 0 Å². The van der Waals surface area contributed by atoms with Crippen LogP contribution in [0.4, 0.5) is 0 Å². The van der Waals surface area contributed by atoms with Gasteiger partial charge in [-0.1, -0.05) is 60.1 Å². The highest BCUT2D eigenvalue weighted by Crippen LogP contribution is 2.76. The molecule has 31 heteroatoms. The summed E-state index contributed by atoms with van der Waals surface area (Å²) in [6.45, 7) is 13.6. The van der Waals surface area contributed by atoms with Crippen molar-refractivity contribution in [1.82, 2.24) is 0 Å². The average molecular weight is 1370 g/mol. The fraction of sp³-hybridized carbons (Fsp3) is 0.953. The molecule has 6 aliphatic heterocycles. The van der Waals surface area contributed by atoms with E-state index in [1.807, 2.05) is 13.8 Å². The van der Waals surface area contributed by atoms with E-state index in [9.17, 15) is 91.9 Å². The van der Waals surface area contributed by atoms with Crippen molar-refractivity contribution in [1.29, 1.82) is 0 Å². The molecule has 6 saturated heterocycles. The number of hydrogen-bond donors (Lipinski definition) is 18. The third kappa shape index (κ3) is 12.6. The Morgan fingerprint density at radius 2 is 1.06 bits per heavy atom. The summed E-state index contributed by atoms with van der Waals surface area (Å²) < 4.78 is 71.1. The van der Waals surface area contributed by atoms with Crippen LogP contribution >= 0.6 is 0 Å². The zero-order chi connectivity index (χ0) is 69.3. The number of allylic oxidation sites excluding steroid dienone is 1. The SMILES string of the molecule is CC1OC(OC2C(OC3CCC4(C)C(CCC5(C)C4CC=C4C6C(O)C(C)(C)CCC6(C(=O)OC6OC(COC7OC(CO)C(O)C(O)C7O)C(O)C(O)C6O)CCC45C)C3(C)C)OCC(O)C2O)C(O)C(OC2OCC(OC3OC(CO)C(O)C(O)C3O)C(O)C2O)C1O. The van der Waals surface area contributed by atoms with Gasteiger partial charge in [-0.05, 0) is 104 Å². The summed E-state index contributed by atoms with van der Waals surface area (Å²) >= 11 is 0. The molecule has 10 fully saturated rings. The summed E-state index contributed by atoms with van der Waals surface area (Å²) in [6.07, 6.45) is -40.6. The van der Waals surface area contributed by atoms with E-state index in [2.05, 4.69) is 40.7 Å². The minimum atomic E-state index is -1.93. The molecule has 0 radical (unpaired) electrons. The van der Waals surface area contributed by atoms with Gasteiger partial charge in [0.1, 0.15) is 128 Å². The van der Waals surface area contributed by atoms with Gasteiger partial charge in [0.05, 0.1) is 56.8 Å². The van der Waals surface area contributed by atoms with Gasteiger partial charge >= 0.3 is 5.97 Å². The van der Waals surface area contributed by atoms with Gasteiger partial charge in [-0.2, -0.15) is 0 Å². The maximum Gasteiger partial charge on any atom is 0.315 e. The first-order valence-corrected chi connectivity index (χ1v) is 33.6. The lowest BCUT2D eigenvalue weighted by Gasteiger charge is -2.71. The molecule has 37 atom stereocenters. The minimum Gasteiger partial charge on any atom is -0.432 e. The Balaban J connectivity index is 0.764. The van der Waals surface area contributed by atoms with E-state index >= 15 is 4.79 Å². The van der Waals surface area contributed by atoms with Gasteiger partial charge in [0.15, 0.2) is 31.5 Å². The average Bonchev–Trinajstić information content (AvgIpc) is 0.673. The second kappa shape index (κ2) is 27.7. The maximum absolute atomic E-state index is 15.2. The molecule has 11 aliphatic rings. The molecule has 4 saturated carbocycles. The summed E-state index contributed by atoms with van der Waals surface area (Å²) in [7, 11) is 0. The van der Waals surface area contributed by atoms with Crippen molar-refractivity contribution in [3.05, 3.63) is 11.6 Å². The quantitative estimate of drug-likeness (QED) is 0.0414. The van der Waals surface area contributed by atoms with Gasteiger partial charge in [0, 0.05) is 5.92 Å². The van der Waals surface area contributed by atoms with E-state index in [0.717, 1.165) is 18.4 Å². The van der Waals surface area contributed by atoms with Crippen molar-refractivity contribution >= 4 is 5.97 Å². The van der Waals surface area contributed by atoms with Crippen LogP contribution in [0.15, 0.2) is 11.6 Å². The van der Waals surface area contributed by atoms with Crippen LogP contribution in [0.3, 0.4) is 0 Å². The number of carbonyl (C=O) groups excluding carboxylic acids is 1. The Hall–Kier alpha value is -1.95. The van der Waals surface area contributed by atoms with Gasteiger partial charge in [-0.15, -0.1) is 0 Å². The molecule has 31 nitrogen and oxygen atoms in total. The fourth-order valence-electron chi connectivity index (χ4n) is 18.7. The van der Waals surface area contributed by atoms with Crippen molar-refractivity contribution in [2.24, 2.45) is 50.2 Å². The molecule has 11 rings (SSSR count). The number of fused-ring (bicyclic) bond motifs is 7. The van der Waals surface area contributed by atoms with E-state index in [0.29, 0.717) is 38.5 Å². The van der Waals surface area contributed by atoms with Crippen LogP contribution in [0, 0.1) is 50.2 Å². The highest BCUT2D eigenvalue weighted by molar-refractivity contribution is 5.79. The predicted octanol–water partition coefficient (Wildman–Crippen LogP) is -5.11. The Bertz CT molecular complexity index is 2670. The summed E-state index contributed by atoms with van der Waals surface area (Å²) in [5.41, 5.74) is -2.83. The van der Waals surface area contributed by atoms with Crippen molar-refractivity contribution < 1.29 is 154 Å². The van der Waals surface area contributed by atoms with E-state index in [1.54, 1.807) is 0 Å². The summed E-state index contributed by atoms with van der Waals surface area (Å²) in [5, 5.41) is 196. The second-order valence-corrected chi connectivity index (χ2v) is 31.0. The van der Waals surface area contributed by atoms with Gasteiger partial charge in [-0.25, -0.2) is 0 Å². The van der Waals surface area contributed by atoms with Crippen LogP contribution in [-0.4, -0.2) is 315 Å². The Kier molecular flexibility index (Phi) is 21.6. The molecule has 5 aliphatic carbocycles. The highest BCUT2D eigenvalue weighted by atomic mass is 16.8. The molecule has 37 unspecified atom stereocenters. The normalized spacial score (nSPS) is 54.6. The molecule has 0 bridgehead atoms. The summed E-state index contributed by atoms with van der Waals surface area (Å²) in [6, 6.07) is 0. The minimum absolute atomic E-state index is 0.0390. The van der Waals surface area contributed by atoms with Crippen LogP contribution in [0.1, 0.15) is 113 Å². The molecule has 0 spiro atoms. The third-order valence-electron chi connectivity index (χ3n) is 25.0. The monoisotopic (exact) mass is 1370 g/mol. The maximum atomic E-state index is 15.2. The number of hydrogen-bond acceptors (Lipinski definition) is 31. The van der Waals surface area contributed by atoms with Crippen molar-refractivity contribution in [2.45, 2.75) is 297 Å². The number of aliphatic hydroxyl groups is 18. The van der Waals surface area contributed by atoms with E-state index < -0.39 is 244 Å². The zero-order valence-corrected chi connectivity index (χ0v) is 54.9. The molecule has 546 valence electrons. The van der Waals surface area contributed by atoms with E-state index in [1.165, 1.54) is 6.92 Å². The lowest BCUT2D eigenvalue weighted by molar-refractivity contribution is -0.382. The smallest absolute Gasteiger partial charge is 0.315 e. The first kappa shape index (κ1) is 74.2. The lowest BCUT2D eigenvalue weighted by Crippen LogP contribution is -2.67. The molecule has 0 aromatic rings. The predicted molar refractivity (Wildman–Crippen MR) is 316 cm³/mol. The third-order valence-corrected chi connectivity index (χ3v) is 25.0. The van der Waals surface area contributed by atoms with Crippen molar-refractivity contribution in [2.75, 3.05) is 33.0 Å². The van der Waals surface area contributed by atoms with Gasteiger partial charge in [0.2, 0.25) is 6.29 Å². The molecule has 0 aromatic heterocycles. The van der Waals surface area contributed by atoms with Crippen LogP contribution in [0.2, 0.25) is 0 Å². The molecular weight excluding hydrogens is 1260 g/mol. The standard InChI is InChI=1S/C64H104O31/c1-24-35(68)49(93-53-44(77)40(73)30(23-86-53)90-54-46(79)42(75)38(71)28(20-66)89-54)48(81)56(87-24)94-50-36(69)26(67)21-84-57(50)92-33-12-13-61(6)31(60(33,4)5)11-14-63(8)32(61)10-9-25-34-51(82)59(2,3)15-17-64(34,18-16-62(25,63)7)58(83)95-55-47(80)43(76)39(72)29(91-55)22-85-52-45(78)41(74)37(70)27(19-65)88-52/h9,24,26-57,65-82H,10-23H2,1-8H3. The fourth-order valence-corrected chi connectivity index (χ4v) is 18.7. The first-order chi connectivity index (χ1) is 44.5. The molecular formula is C64H104O31. The van der Waals surface area contributed by atoms with Crippen LogP contribution in [0.5, 0.6) is 0 Å². The number of ether oxygens (including phenoxy) is 12. The summed E-state index contributed by atoms with van der Waals surface area (Å²) in [5.74, 6) is -1.38. The van der Waals surface area contributed by atoms with Crippen molar-refractivity contribution in [3.8, 4) is 0 Å². The zero-order valence-electron chi connectivity index (χ0n) is 54.9. The molecule has 0 aromatic carbocycles. The van der Waals surface area contributed by atoms with E-state index in [4.69, 9.17) is 56.8 Å². The Labute approximate surface area is 550 Å².